The van der Waals surface area contributed by atoms with E-state index in [1.807, 2.05) is 6.07 Å². The van der Waals surface area contributed by atoms with Crippen molar-refractivity contribution in [3.05, 3.63) is 18.2 Å². The highest BCUT2D eigenvalue weighted by molar-refractivity contribution is 5.80. The van der Waals surface area contributed by atoms with Crippen LogP contribution in [0.25, 0.3) is 0 Å². The van der Waals surface area contributed by atoms with Crippen LogP contribution in [0.2, 0.25) is 0 Å². The van der Waals surface area contributed by atoms with Gasteiger partial charge < -0.3 is 29.9 Å². The Balaban J connectivity index is 1.49. The lowest BCUT2D eigenvalue weighted by atomic mass is 9.97. The summed E-state index contributed by atoms with van der Waals surface area (Å²) in [4.78, 5) is 9.96. The van der Waals surface area contributed by atoms with Gasteiger partial charge in [-0.05, 0) is 64.6 Å². The maximum Gasteiger partial charge on any atom is 0.191 e. The van der Waals surface area contributed by atoms with E-state index in [0.717, 1.165) is 62.2 Å². The minimum absolute atomic E-state index is 0.447. The van der Waals surface area contributed by atoms with Crippen molar-refractivity contribution in [2.75, 3.05) is 64.9 Å². The molecular formula is C25H43N5O2. The fourth-order valence-electron chi connectivity index (χ4n) is 4.70. The molecule has 2 aliphatic rings. The third-order valence-electron chi connectivity index (χ3n) is 6.64. The lowest BCUT2D eigenvalue weighted by Gasteiger charge is -2.35. The molecule has 0 atom stereocenters. The van der Waals surface area contributed by atoms with E-state index in [9.17, 15) is 0 Å². The number of benzene rings is 1. The largest absolute Gasteiger partial charge is 0.497 e. The minimum atomic E-state index is 0.447. The molecule has 0 aliphatic carbocycles. The summed E-state index contributed by atoms with van der Waals surface area (Å²) < 4.78 is 10.9. The van der Waals surface area contributed by atoms with Crippen molar-refractivity contribution < 1.29 is 9.47 Å². The quantitative estimate of drug-likeness (QED) is 0.449. The van der Waals surface area contributed by atoms with Gasteiger partial charge in [-0.15, -0.1) is 0 Å². The number of nitrogens with zero attached hydrogens (tertiary/aromatic N) is 3. The number of nitrogens with one attached hydrogen (secondary N) is 2. The van der Waals surface area contributed by atoms with Gasteiger partial charge in [0.1, 0.15) is 11.5 Å². The number of guanidine groups is 1. The van der Waals surface area contributed by atoms with Crippen molar-refractivity contribution in [1.82, 2.24) is 15.5 Å². The normalized spacial score (nSPS) is 19.1. The molecule has 7 heteroatoms. The van der Waals surface area contributed by atoms with Crippen molar-refractivity contribution in [1.29, 1.82) is 0 Å². The van der Waals surface area contributed by atoms with Crippen LogP contribution in [0.1, 0.15) is 46.0 Å². The number of anilines is 1. The highest BCUT2D eigenvalue weighted by Crippen LogP contribution is 2.30. The number of piperidine rings is 2. The Morgan fingerprint density at radius 3 is 2.19 bits per heavy atom. The Kier molecular flexibility index (Phi) is 9.78. The molecule has 2 N–H and O–H groups in total. The highest BCUT2D eigenvalue weighted by atomic mass is 16.5. The van der Waals surface area contributed by atoms with E-state index in [-0.39, 0.29) is 0 Å². The molecular weight excluding hydrogens is 402 g/mol. The monoisotopic (exact) mass is 445 g/mol. The van der Waals surface area contributed by atoms with Gasteiger partial charge in [-0.2, -0.15) is 0 Å². The lowest BCUT2D eigenvalue weighted by molar-refractivity contribution is 0.188. The Bertz CT molecular complexity index is 688. The summed E-state index contributed by atoms with van der Waals surface area (Å²) in [6.45, 7) is 11.9. The van der Waals surface area contributed by atoms with Crippen molar-refractivity contribution in [3.8, 4) is 11.5 Å². The van der Waals surface area contributed by atoms with Gasteiger partial charge in [0.15, 0.2) is 5.96 Å². The fourth-order valence-corrected chi connectivity index (χ4v) is 4.70. The predicted molar refractivity (Wildman–Crippen MR) is 133 cm³/mol. The number of rotatable bonds is 9. The van der Waals surface area contributed by atoms with Gasteiger partial charge in [-0.3, -0.25) is 4.99 Å². The first-order chi connectivity index (χ1) is 15.6. The molecule has 0 saturated carbocycles. The van der Waals surface area contributed by atoms with E-state index >= 15 is 0 Å². The zero-order valence-corrected chi connectivity index (χ0v) is 20.5. The Morgan fingerprint density at radius 1 is 0.969 bits per heavy atom. The number of aliphatic imine (C=N–C) groups is 1. The summed E-state index contributed by atoms with van der Waals surface area (Å²) in [6.07, 6.45) is 5.96. The van der Waals surface area contributed by atoms with Gasteiger partial charge in [0.2, 0.25) is 0 Å². The maximum atomic E-state index is 5.44. The van der Waals surface area contributed by atoms with Gasteiger partial charge in [0, 0.05) is 56.1 Å². The highest BCUT2D eigenvalue weighted by Gasteiger charge is 2.22. The van der Waals surface area contributed by atoms with Crippen LogP contribution in [0.4, 0.5) is 5.69 Å². The van der Waals surface area contributed by atoms with E-state index in [0.29, 0.717) is 12.0 Å². The molecule has 2 saturated heterocycles. The Labute approximate surface area is 194 Å². The Morgan fingerprint density at radius 2 is 1.62 bits per heavy atom. The molecule has 7 nitrogen and oxygen atoms in total. The number of hydrogen-bond donors (Lipinski definition) is 2. The molecule has 1 aromatic rings. The number of hydrogen-bond acceptors (Lipinski definition) is 5. The molecule has 0 aromatic heterocycles. The summed E-state index contributed by atoms with van der Waals surface area (Å²) in [5.41, 5.74) is 1.16. The number of methoxy groups -OCH3 is 2. The van der Waals surface area contributed by atoms with E-state index < -0.39 is 0 Å². The van der Waals surface area contributed by atoms with Crippen molar-refractivity contribution in [3.63, 3.8) is 0 Å². The van der Waals surface area contributed by atoms with E-state index in [2.05, 4.69) is 46.4 Å². The summed E-state index contributed by atoms with van der Waals surface area (Å²) >= 11 is 0. The van der Waals surface area contributed by atoms with E-state index in [1.165, 1.54) is 38.9 Å². The third-order valence-corrected chi connectivity index (χ3v) is 6.64. The lowest BCUT2D eigenvalue weighted by Crippen LogP contribution is -2.49. The molecule has 180 valence electrons. The molecule has 2 fully saturated rings. The zero-order valence-electron chi connectivity index (χ0n) is 20.5. The van der Waals surface area contributed by atoms with Crippen molar-refractivity contribution >= 4 is 11.6 Å². The van der Waals surface area contributed by atoms with Gasteiger partial charge in [0.05, 0.1) is 14.2 Å². The second-order valence-electron chi connectivity index (χ2n) is 8.98. The first kappa shape index (κ1) is 24.5. The van der Waals surface area contributed by atoms with Gasteiger partial charge >= 0.3 is 0 Å². The Hall–Kier alpha value is -2.15. The molecule has 2 heterocycles. The number of likely N-dealkylation sites (tertiary alicyclic amines) is 1. The predicted octanol–water partition coefficient (Wildman–Crippen LogP) is 3.35. The second-order valence-corrected chi connectivity index (χ2v) is 8.98. The van der Waals surface area contributed by atoms with Gasteiger partial charge in [0.25, 0.3) is 0 Å². The molecule has 0 unspecified atom stereocenters. The molecule has 0 spiro atoms. The first-order valence-corrected chi connectivity index (χ1v) is 12.4. The summed E-state index contributed by atoms with van der Waals surface area (Å²) in [6, 6.07) is 6.55. The van der Waals surface area contributed by atoms with Crippen LogP contribution < -0.4 is 25.0 Å². The second kappa shape index (κ2) is 12.8. The van der Waals surface area contributed by atoms with Crippen molar-refractivity contribution in [2.24, 2.45) is 10.9 Å². The molecule has 1 aromatic carbocycles. The van der Waals surface area contributed by atoms with Gasteiger partial charge in [-0.25, -0.2) is 0 Å². The first-order valence-electron chi connectivity index (χ1n) is 12.4. The standard InChI is InChI=1S/C25H43N5O2/c1-5-11-29-12-7-20(8-13-29)19-27-25(26-6-2)28-21-9-14-30(15-10-21)22-16-23(31-3)18-24(17-22)32-4/h16-18,20-21H,5-15,19H2,1-4H3,(H2,26,27,28). The SMILES string of the molecule is CCCN1CCC(CN=C(NCC)NC2CCN(c3cc(OC)cc(OC)c3)CC2)CC1. The number of ether oxygens (including phenoxy) is 2. The van der Waals surface area contributed by atoms with Crippen LogP contribution in [0, 0.1) is 5.92 Å². The van der Waals surface area contributed by atoms with Crippen molar-refractivity contribution in [2.45, 2.75) is 52.0 Å². The smallest absolute Gasteiger partial charge is 0.191 e. The van der Waals surface area contributed by atoms with Gasteiger partial charge in [-0.1, -0.05) is 6.92 Å². The molecule has 3 rings (SSSR count). The topological polar surface area (TPSA) is 61.4 Å². The van der Waals surface area contributed by atoms with Crippen LogP contribution in [-0.2, 0) is 0 Å². The molecule has 0 radical (unpaired) electrons. The fraction of sp³-hybridized carbons (Fsp3) is 0.720. The summed E-state index contributed by atoms with van der Waals surface area (Å²) in [5, 5.41) is 7.15. The summed E-state index contributed by atoms with van der Waals surface area (Å²) in [7, 11) is 3.40. The molecule has 0 bridgehead atoms. The van der Waals surface area contributed by atoms with Crippen LogP contribution >= 0.6 is 0 Å². The average molecular weight is 446 g/mol. The van der Waals surface area contributed by atoms with Crippen LogP contribution in [0.3, 0.4) is 0 Å². The third kappa shape index (κ3) is 7.19. The zero-order chi connectivity index (χ0) is 22.8. The summed E-state index contributed by atoms with van der Waals surface area (Å²) in [5.74, 6) is 3.36. The average Bonchev–Trinajstić information content (AvgIpc) is 2.84. The van der Waals surface area contributed by atoms with E-state index in [4.69, 9.17) is 14.5 Å². The van der Waals surface area contributed by atoms with E-state index in [1.54, 1.807) is 14.2 Å². The van der Waals surface area contributed by atoms with Crippen LogP contribution in [0.5, 0.6) is 11.5 Å². The van der Waals surface area contributed by atoms with Crippen LogP contribution in [0.15, 0.2) is 23.2 Å². The molecule has 2 aliphatic heterocycles. The maximum absolute atomic E-state index is 5.44. The minimum Gasteiger partial charge on any atom is -0.497 e. The molecule has 0 amide bonds. The molecule has 32 heavy (non-hydrogen) atoms. The van der Waals surface area contributed by atoms with Crippen LogP contribution in [-0.4, -0.2) is 76.9 Å².